The van der Waals surface area contributed by atoms with Crippen molar-refractivity contribution in [3.8, 4) is 11.1 Å². The van der Waals surface area contributed by atoms with Gasteiger partial charge < -0.3 is 9.47 Å². The molecule has 2 rings (SSSR count). The Hall–Kier alpha value is -2.06. The topological polar surface area (TPSA) is 49.0 Å². The van der Waals surface area contributed by atoms with Gasteiger partial charge in [0.1, 0.15) is 5.00 Å². The number of nitriles is 1. The molecule has 0 N–H and O–H groups in total. The molecule has 0 aliphatic rings. The summed E-state index contributed by atoms with van der Waals surface area (Å²) in [6, 6.07) is 6.32. The van der Waals surface area contributed by atoms with Crippen LogP contribution in [0.2, 0.25) is 0 Å². The molecule has 0 saturated carbocycles. The molecule has 0 radical (unpaired) electrons. The smallest absolute Gasteiger partial charge is 0.256 e. The van der Waals surface area contributed by atoms with E-state index >= 15 is 0 Å². The largest absolute Gasteiger partial charge is 0.340 e. The maximum atomic E-state index is 13.0. The summed E-state index contributed by atoms with van der Waals surface area (Å²) in [4.78, 5) is 15.8. The molecule has 122 valence electrons. The first-order valence-corrected chi connectivity index (χ1v) is 8.50. The molecule has 2 aromatic rings. The first-order chi connectivity index (χ1) is 10.8. The molecule has 23 heavy (non-hydrogen) atoms. The van der Waals surface area contributed by atoms with E-state index in [9.17, 15) is 4.79 Å². The Bertz CT molecular complexity index is 760. The third-order valence-electron chi connectivity index (χ3n) is 4.17. The van der Waals surface area contributed by atoms with E-state index < -0.39 is 0 Å². The minimum atomic E-state index is -0.178. The molecule has 0 fully saturated rings. The normalized spacial score (nSPS) is 12.0. The summed E-state index contributed by atoms with van der Waals surface area (Å²) in [5.41, 5.74) is 4.01. The van der Waals surface area contributed by atoms with Gasteiger partial charge >= 0.3 is 0 Å². The number of amides is 1. The first-order valence-electron chi connectivity index (χ1n) is 7.68. The Morgan fingerprint density at radius 2 is 1.87 bits per heavy atom. The number of nitrogens with zero attached hydrogens (tertiary/aromatic N) is 3. The van der Waals surface area contributed by atoms with Gasteiger partial charge in [0.2, 0.25) is 0 Å². The Balaban J connectivity index is 2.51. The minimum Gasteiger partial charge on any atom is -0.340 e. The highest BCUT2D eigenvalue weighted by atomic mass is 32.1. The van der Waals surface area contributed by atoms with E-state index in [1.54, 1.807) is 23.3 Å². The molecule has 0 aliphatic heterocycles. The molecular weight excluding hydrogens is 306 g/mol. The van der Waals surface area contributed by atoms with Gasteiger partial charge in [-0.25, -0.2) is 0 Å². The second-order valence-electron chi connectivity index (χ2n) is 6.13. The van der Waals surface area contributed by atoms with E-state index in [-0.39, 0.29) is 11.8 Å². The molecule has 0 saturated heterocycles. The molecule has 0 aromatic carbocycles. The van der Waals surface area contributed by atoms with Crippen LogP contribution in [0.4, 0.5) is 0 Å². The second-order valence-corrected chi connectivity index (χ2v) is 7.33. The monoisotopic (exact) mass is 329 g/mol. The van der Waals surface area contributed by atoms with Crippen LogP contribution in [0.5, 0.6) is 0 Å². The molecule has 2 aromatic heterocycles. The minimum absolute atomic E-state index is 0.0172. The van der Waals surface area contributed by atoms with Crippen LogP contribution in [-0.4, -0.2) is 29.0 Å². The molecule has 5 heteroatoms. The lowest BCUT2D eigenvalue weighted by Gasteiger charge is -2.20. The zero-order valence-electron chi connectivity index (χ0n) is 14.6. The molecule has 2 heterocycles. The van der Waals surface area contributed by atoms with E-state index in [4.69, 9.17) is 5.26 Å². The van der Waals surface area contributed by atoms with Crippen LogP contribution in [0.15, 0.2) is 12.1 Å². The van der Waals surface area contributed by atoms with Crippen molar-refractivity contribution in [1.82, 2.24) is 9.47 Å². The summed E-state index contributed by atoms with van der Waals surface area (Å²) >= 11 is 1.65. The zero-order chi connectivity index (χ0) is 17.3. The molecule has 0 spiro atoms. The fourth-order valence-corrected chi connectivity index (χ4v) is 4.00. The van der Waals surface area contributed by atoms with Crippen LogP contribution >= 0.6 is 11.3 Å². The number of carbonyl (C=O) groups is 1. The lowest BCUT2D eigenvalue weighted by Crippen LogP contribution is -2.31. The molecule has 0 aliphatic carbocycles. The number of rotatable bonds is 4. The first kappa shape index (κ1) is 17.3. The Labute approximate surface area is 142 Å². The van der Waals surface area contributed by atoms with Crippen LogP contribution in [0.1, 0.15) is 39.1 Å². The molecule has 1 amide bonds. The fourth-order valence-electron chi connectivity index (χ4n) is 2.73. The molecule has 1 atom stereocenters. The summed E-state index contributed by atoms with van der Waals surface area (Å²) < 4.78 is 2.14. The van der Waals surface area contributed by atoms with Gasteiger partial charge in [-0.1, -0.05) is 0 Å². The summed E-state index contributed by atoms with van der Waals surface area (Å²) in [6.45, 7) is 10.4. The summed E-state index contributed by atoms with van der Waals surface area (Å²) in [5.74, 6) is -0.195. The van der Waals surface area contributed by atoms with Gasteiger partial charge in [0.05, 0.1) is 17.6 Å². The number of aryl methyl sites for hydroxylation is 3. The summed E-state index contributed by atoms with van der Waals surface area (Å²) in [5, 5.41) is 9.96. The Morgan fingerprint density at radius 1 is 1.30 bits per heavy atom. The van der Waals surface area contributed by atoms with Crippen molar-refractivity contribution in [3.63, 3.8) is 0 Å². The van der Waals surface area contributed by atoms with Crippen LogP contribution in [0.3, 0.4) is 0 Å². The highest BCUT2D eigenvalue weighted by molar-refractivity contribution is 7.15. The van der Waals surface area contributed by atoms with Crippen LogP contribution in [0, 0.1) is 44.9 Å². The van der Waals surface area contributed by atoms with Crippen molar-refractivity contribution >= 4 is 17.2 Å². The SMILES string of the molecule is Cc1sc(-n2c(C)ccc2C)c(C(=O)N(C)CC(C)C#N)c1C. The van der Waals surface area contributed by atoms with E-state index in [0.717, 1.165) is 32.4 Å². The number of hydrogen-bond donors (Lipinski definition) is 0. The van der Waals surface area contributed by atoms with Crippen LogP contribution in [-0.2, 0) is 0 Å². The average molecular weight is 329 g/mol. The molecule has 0 bridgehead atoms. The third-order valence-corrected chi connectivity index (χ3v) is 5.36. The van der Waals surface area contributed by atoms with Gasteiger partial charge in [-0.3, -0.25) is 4.79 Å². The van der Waals surface area contributed by atoms with Crippen molar-refractivity contribution in [3.05, 3.63) is 39.5 Å². The maximum Gasteiger partial charge on any atom is 0.256 e. The highest BCUT2D eigenvalue weighted by Gasteiger charge is 2.25. The lowest BCUT2D eigenvalue weighted by molar-refractivity contribution is 0.0785. The van der Waals surface area contributed by atoms with Crippen LogP contribution in [0.25, 0.3) is 5.00 Å². The predicted molar refractivity (Wildman–Crippen MR) is 94.3 cm³/mol. The van der Waals surface area contributed by atoms with Crippen molar-refractivity contribution < 1.29 is 4.79 Å². The van der Waals surface area contributed by atoms with E-state index in [0.29, 0.717) is 6.54 Å². The van der Waals surface area contributed by atoms with Crippen LogP contribution < -0.4 is 0 Å². The van der Waals surface area contributed by atoms with Crippen molar-refractivity contribution in [1.29, 1.82) is 5.26 Å². The third kappa shape index (κ3) is 3.18. The van der Waals surface area contributed by atoms with E-state index in [2.05, 4.69) is 22.8 Å². The fraction of sp³-hybridized carbons (Fsp3) is 0.444. The quantitative estimate of drug-likeness (QED) is 0.851. The van der Waals surface area contributed by atoms with Gasteiger partial charge in [-0.2, -0.15) is 5.26 Å². The van der Waals surface area contributed by atoms with Gasteiger partial charge in [0.15, 0.2) is 0 Å². The van der Waals surface area contributed by atoms with Gasteiger partial charge in [-0.15, -0.1) is 11.3 Å². The molecule has 4 nitrogen and oxygen atoms in total. The van der Waals surface area contributed by atoms with Gasteiger partial charge in [0, 0.05) is 29.9 Å². The zero-order valence-corrected chi connectivity index (χ0v) is 15.4. The van der Waals surface area contributed by atoms with E-state index in [1.807, 2.05) is 34.6 Å². The standard InChI is InChI=1S/C18H23N3OS/c1-11(9-19)10-20(6)17(22)16-14(4)15(5)23-18(16)21-12(2)7-8-13(21)3/h7-8,11H,10H2,1-6H3. The van der Waals surface area contributed by atoms with Crippen molar-refractivity contribution in [2.45, 2.75) is 34.6 Å². The number of hydrogen-bond acceptors (Lipinski definition) is 3. The van der Waals surface area contributed by atoms with E-state index in [1.165, 1.54) is 0 Å². The van der Waals surface area contributed by atoms with Crippen molar-refractivity contribution in [2.75, 3.05) is 13.6 Å². The molecular formula is C18H23N3OS. The average Bonchev–Trinajstić information content (AvgIpc) is 2.98. The summed E-state index contributed by atoms with van der Waals surface area (Å²) in [7, 11) is 1.77. The Morgan fingerprint density at radius 3 is 2.39 bits per heavy atom. The number of aromatic nitrogens is 1. The number of carbonyl (C=O) groups excluding carboxylic acids is 1. The molecule has 1 unspecified atom stereocenters. The summed E-state index contributed by atoms with van der Waals surface area (Å²) in [6.07, 6.45) is 0. The Kier molecular flexibility index (Phi) is 4.96. The van der Waals surface area contributed by atoms with Gasteiger partial charge in [-0.05, 0) is 52.3 Å². The number of thiophene rings is 1. The maximum absolute atomic E-state index is 13.0. The van der Waals surface area contributed by atoms with Crippen molar-refractivity contribution in [2.24, 2.45) is 5.92 Å². The lowest BCUT2D eigenvalue weighted by atomic mass is 10.1. The van der Waals surface area contributed by atoms with Gasteiger partial charge in [0.25, 0.3) is 5.91 Å². The predicted octanol–water partition coefficient (Wildman–Crippen LogP) is 4.00. The second kappa shape index (κ2) is 6.59. The highest BCUT2D eigenvalue weighted by Crippen LogP contribution is 2.33.